The molecule has 0 radical (unpaired) electrons. The molecule has 9 heteroatoms. The van der Waals surface area contributed by atoms with Gasteiger partial charge in [-0.1, -0.05) is 72.3 Å². The number of para-hydroxylation sites is 1. The summed E-state index contributed by atoms with van der Waals surface area (Å²) in [6, 6.07) is 15.6. The molecular formula is C34H39N5O4. The van der Waals surface area contributed by atoms with Gasteiger partial charge in [-0.05, 0) is 49.3 Å². The summed E-state index contributed by atoms with van der Waals surface area (Å²) < 4.78 is 0. The van der Waals surface area contributed by atoms with Gasteiger partial charge < -0.3 is 26.3 Å². The van der Waals surface area contributed by atoms with Crippen LogP contribution in [0.1, 0.15) is 49.7 Å². The SMILES string of the molecule is O=C1CCC(=O)N[C@@H](Cc2c[nH]c3ccccc23)C(=O)N[C@@H](CC2=CC=CCC2)C(=O)N[C@H](CCc2ccccc2)CN1. The smallest absolute Gasteiger partial charge is 0.243 e. The van der Waals surface area contributed by atoms with Crippen molar-refractivity contribution in [2.24, 2.45) is 0 Å². The maximum absolute atomic E-state index is 13.8. The standard InChI is InChI=1S/C34H39N5O4/c40-31-17-18-32(41)38-30(20-25-21-35-28-14-8-7-13-27(25)28)34(43)39-29(19-24-11-5-2-6-12-24)33(42)37-26(22-36-31)16-15-23-9-3-1-4-10-23/h1-5,7-11,13-14,21,26,29-30,35H,6,12,15-20,22H2,(H,36,40)(H,37,42)(H,38,41)(H,39,43)/t26-,29+,30+/m1/s1. The van der Waals surface area contributed by atoms with Crippen LogP contribution in [0.25, 0.3) is 10.9 Å². The fourth-order valence-corrected chi connectivity index (χ4v) is 5.63. The van der Waals surface area contributed by atoms with Crippen LogP contribution in [-0.2, 0) is 32.0 Å². The van der Waals surface area contributed by atoms with Crippen LogP contribution in [0.2, 0.25) is 0 Å². The number of aromatic nitrogens is 1. The Balaban J connectivity index is 1.39. The predicted molar refractivity (Wildman–Crippen MR) is 166 cm³/mol. The minimum atomic E-state index is -0.929. The van der Waals surface area contributed by atoms with Crippen molar-refractivity contribution in [2.75, 3.05) is 6.54 Å². The Morgan fingerprint density at radius 3 is 2.30 bits per heavy atom. The zero-order chi connectivity index (χ0) is 30.0. The van der Waals surface area contributed by atoms with E-state index in [1.54, 1.807) is 0 Å². The monoisotopic (exact) mass is 581 g/mol. The van der Waals surface area contributed by atoms with Crippen LogP contribution in [0.15, 0.2) is 84.6 Å². The van der Waals surface area contributed by atoms with Crippen molar-refractivity contribution in [1.82, 2.24) is 26.3 Å². The second-order valence-electron chi connectivity index (χ2n) is 11.3. The van der Waals surface area contributed by atoms with E-state index in [1.165, 1.54) is 0 Å². The molecule has 9 nitrogen and oxygen atoms in total. The predicted octanol–water partition coefficient (Wildman–Crippen LogP) is 3.37. The van der Waals surface area contributed by atoms with Crippen LogP contribution in [0.5, 0.6) is 0 Å². The number of hydrogen-bond donors (Lipinski definition) is 5. The highest BCUT2D eigenvalue weighted by Crippen LogP contribution is 2.21. The van der Waals surface area contributed by atoms with Gasteiger partial charge in [-0.2, -0.15) is 0 Å². The highest BCUT2D eigenvalue weighted by Gasteiger charge is 2.30. The van der Waals surface area contributed by atoms with Gasteiger partial charge in [0.1, 0.15) is 12.1 Å². The van der Waals surface area contributed by atoms with Crippen LogP contribution >= 0.6 is 0 Å². The van der Waals surface area contributed by atoms with Gasteiger partial charge in [0.25, 0.3) is 0 Å². The number of amides is 4. The molecule has 3 atom stereocenters. The average molecular weight is 582 g/mol. The molecule has 224 valence electrons. The molecular weight excluding hydrogens is 542 g/mol. The molecule has 43 heavy (non-hydrogen) atoms. The zero-order valence-corrected chi connectivity index (χ0v) is 24.2. The summed E-state index contributed by atoms with van der Waals surface area (Å²) in [6.45, 7) is 0.230. The third kappa shape index (κ3) is 8.44. The van der Waals surface area contributed by atoms with Crippen LogP contribution < -0.4 is 21.3 Å². The summed E-state index contributed by atoms with van der Waals surface area (Å²) in [5.41, 5.74) is 3.99. The van der Waals surface area contributed by atoms with Crippen LogP contribution in [-0.4, -0.2) is 53.3 Å². The lowest BCUT2D eigenvalue weighted by Gasteiger charge is -2.27. The first-order valence-corrected chi connectivity index (χ1v) is 15.0. The molecule has 1 fully saturated rings. The first-order valence-electron chi connectivity index (χ1n) is 15.0. The average Bonchev–Trinajstić information content (AvgIpc) is 3.43. The van der Waals surface area contributed by atoms with Crippen molar-refractivity contribution in [2.45, 2.75) is 69.5 Å². The lowest BCUT2D eigenvalue weighted by Crippen LogP contribution is -2.57. The number of nitrogens with one attached hydrogen (secondary N) is 5. The fraction of sp³-hybridized carbons (Fsp3) is 0.353. The minimum absolute atomic E-state index is 0.0170. The van der Waals surface area contributed by atoms with Gasteiger partial charge in [0, 0.05) is 48.9 Å². The van der Waals surface area contributed by atoms with Gasteiger partial charge in [-0.25, -0.2) is 0 Å². The molecule has 5 N–H and O–H groups in total. The number of aromatic amines is 1. The third-order valence-corrected chi connectivity index (χ3v) is 8.05. The normalized spacial score (nSPS) is 22.1. The van der Waals surface area contributed by atoms with E-state index in [1.807, 2.05) is 72.9 Å². The molecule has 1 aromatic heterocycles. The maximum Gasteiger partial charge on any atom is 0.243 e. The van der Waals surface area contributed by atoms with Crippen LogP contribution in [0, 0.1) is 0 Å². The van der Waals surface area contributed by atoms with Crippen molar-refractivity contribution < 1.29 is 19.2 Å². The van der Waals surface area contributed by atoms with E-state index in [4.69, 9.17) is 0 Å². The molecule has 0 bridgehead atoms. The molecule has 3 aromatic rings. The first kappa shape index (κ1) is 29.8. The zero-order valence-electron chi connectivity index (χ0n) is 24.2. The van der Waals surface area contributed by atoms with Gasteiger partial charge in [0.15, 0.2) is 0 Å². The number of carbonyl (C=O) groups excluding carboxylic acids is 4. The Morgan fingerprint density at radius 1 is 0.744 bits per heavy atom. The van der Waals surface area contributed by atoms with Crippen LogP contribution in [0.3, 0.4) is 0 Å². The fourth-order valence-electron chi connectivity index (χ4n) is 5.63. The number of hydrogen-bond acceptors (Lipinski definition) is 4. The number of H-pyrrole nitrogens is 1. The van der Waals surface area contributed by atoms with E-state index in [0.717, 1.165) is 40.4 Å². The molecule has 2 aromatic carbocycles. The number of allylic oxidation sites excluding steroid dienone is 3. The van der Waals surface area contributed by atoms with E-state index < -0.39 is 23.9 Å². The molecule has 1 saturated heterocycles. The second-order valence-corrected chi connectivity index (χ2v) is 11.3. The summed E-state index contributed by atoms with van der Waals surface area (Å²) in [6.07, 6.45) is 11.4. The molecule has 2 aliphatic rings. The Kier molecular flexibility index (Phi) is 10.0. The van der Waals surface area contributed by atoms with Crippen molar-refractivity contribution in [3.8, 4) is 0 Å². The lowest BCUT2D eigenvalue weighted by molar-refractivity contribution is -0.133. The second kappa shape index (κ2) is 14.5. The third-order valence-electron chi connectivity index (χ3n) is 8.05. The lowest BCUT2D eigenvalue weighted by atomic mass is 9.96. The topological polar surface area (TPSA) is 132 Å². The first-order chi connectivity index (χ1) is 20.9. The van der Waals surface area contributed by atoms with Gasteiger partial charge in [0.2, 0.25) is 23.6 Å². The van der Waals surface area contributed by atoms with Crippen molar-refractivity contribution in [3.05, 3.63) is 95.7 Å². The summed E-state index contributed by atoms with van der Waals surface area (Å²) in [5, 5.41) is 12.8. The molecule has 0 spiro atoms. The highest BCUT2D eigenvalue weighted by atomic mass is 16.2. The summed E-state index contributed by atoms with van der Waals surface area (Å²) in [5.74, 6) is -1.42. The summed E-state index contributed by atoms with van der Waals surface area (Å²) in [4.78, 5) is 56.5. The van der Waals surface area contributed by atoms with Crippen molar-refractivity contribution in [3.63, 3.8) is 0 Å². The molecule has 1 aliphatic heterocycles. The maximum atomic E-state index is 13.8. The van der Waals surface area contributed by atoms with Gasteiger partial charge in [0.05, 0.1) is 0 Å². The molecule has 0 saturated carbocycles. The Bertz CT molecular complexity index is 1510. The molecule has 1 aliphatic carbocycles. The van der Waals surface area contributed by atoms with Gasteiger partial charge in [-0.15, -0.1) is 0 Å². The summed E-state index contributed by atoms with van der Waals surface area (Å²) in [7, 11) is 0. The minimum Gasteiger partial charge on any atom is -0.361 e. The highest BCUT2D eigenvalue weighted by molar-refractivity contribution is 5.94. The van der Waals surface area contributed by atoms with E-state index in [2.05, 4.69) is 32.3 Å². The number of rotatable bonds is 7. The number of benzene rings is 2. The van der Waals surface area contributed by atoms with E-state index in [-0.39, 0.29) is 43.7 Å². The van der Waals surface area contributed by atoms with E-state index in [9.17, 15) is 19.2 Å². The van der Waals surface area contributed by atoms with E-state index >= 15 is 0 Å². The Labute approximate surface area is 251 Å². The quantitative estimate of drug-likeness (QED) is 0.293. The number of aryl methyl sites for hydroxylation is 1. The van der Waals surface area contributed by atoms with Crippen molar-refractivity contribution in [1.29, 1.82) is 0 Å². The largest absolute Gasteiger partial charge is 0.361 e. The van der Waals surface area contributed by atoms with E-state index in [0.29, 0.717) is 19.3 Å². The van der Waals surface area contributed by atoms with Crippen LogP contribution in [0.4, 0.5) is 0 Å². The number of fused-ring (bicyclic) bond motifs is 1. The molecule has 0 unspecified atom stereocenters. The molecule has 2 heterocycles. The summed E-state index contributed by atoms with van der Waals surface area (Å²) >= 11 is 0. The van der Waals surface area contributed by atoms with Gasteiger partial charge >= 0.3 is 0 Å². The Hall–Kier alpha value is -4.66. The Morgan fingerprint density at radius 2 is 1.49 bits per heavy atom. The number of carbonyl (C=O) groups is 4. The molecule has 4 amide bonds. The molecule has 5 rings (SSSR count). The van der Waals surface area contributed by atoms with Gasteiger partial charge in [-0.3, -0.25) is 19.2 Å². The van der Waals surface area contributed by atoms with Crippen molar-refractivity contribution >= 4 is 34.5 Å².